The van der Waals surface area contributed by atoms with Crippen LogP contribution in [0.5, 0.6) is 0 Å². The van der Waals surface area contributed by atoms with E-state index >= 15 is 0 Å². The van der Waals surface area contributed by atoms with Gasteiger partial charge in [-0.2, -0.15) is 0 Å². The lowest BCUT2D eigenvalue weighted by Gasteiger charge is -2.05. The molecule has 0 fully saturated rings. The third-order valence-corrected chi connectivity index (χ3v) is 5.90. The molecule has 32 heavy (non-hydrogen) atoms. The second-order valence-electron chi connectivity index (χ2n) is 7.42. The standard InChI is InChI=1S/C25H16N6S/c32-25(21-15-30(28-26-21)23-13-5-9-17-7-1-3-11-19(17)23)22-16-31(29-27-22)24-14-6-10-18-8-2-4-12-20(18)24/h1-16H. The minimum atomic E-state index is 0.503. The molecule has 6 nitrogen and oxygen atoms in total. The Bertz CT molecular complexity index is 1480. The molecule has 0 aliphatic rings. The van der Waals surface area contributed by atoms with E-state index in [2.05, 4.69) is 57.0 Å². The predicted octanol–water partition coefficient (Wildman–Crippen LogP) is 4.92. The van der Waals surface area contributed by atoms with Crippen molar-refractivity contribution in [3.63, 3.8) is 0 Å². The van der Waals surface area contributed by atoms with E-state index in [-0.39, 0.29) is 0 Å². The second-order valence-corrected chi connectivity index (χ2v) is 7.83. The Balaban J connectivity index is 1.35. The largest absolute Gasteiger partial charge is 0.219 e. The lowest BCUT2D eigenvalue weighted by atomic mass is 10.1. The Kier molecular flexibility index (Phi) is 4.33. The molecule has 152 valence electrons. The number of aromatic nitrogens is 6. The Morgan fingerprint density at radius 1 is 0.562 bits per heavy atom. The zero-order valence-corrected chi connectivity index (χ0v) is 17.6. The van der Waals surface area contributed by atoms with Crippen LogP contribution in [0.1, 0.15) is 11.4 Å². The summed E-state index contributed by atoms with van der Waals surface area (Å²) >= 11 is 5.67. The molecule has 0 N–H and O–H groups in total. The highest BCUT2D eigenvalue weighted by atomic mass is 32.1. The number of fused-ring (bicyclic) bond motifs is 2. The fourth-order valence-corrected chi connectivity index (χ4v) is 4.11. The van der Waals surface area contributed by atoms with Crippen LogP contribution in [0.2, 0.25) is 0 Å². The SMILES string of the molecule is S=C(c1cn(-c2cccc3ccccc23)nn1)c1cn(-c2cccc3ccccc23)nn1. The molecular weight excluding hydrogens is 416 g/mol. The fourth-order valence-electron chi connectivity index (χ4n) is 3.92. The smallest absolute Gasteiger partial charge is 0.126 e. The molecule has 6 aromatic rings. The number of hydrogen-bond donors (Lipinski definition) is 0. The van der Waals surface area contributed by atoms with E-state index in [0.29, 0.717) is 16.3 Å². The van der Waals surface area contributed by atoms with Crippen LogP contribution >= 0.6 is 12.2 Å². The van der Waals surface area contributed by atoms with E-state index < -0.39 is 0 Å². The van der Waals surface area contributed by atoms with Crippen molar-refractivity contribution in [2.45, 2.75) is 0 Å². The summed E-state index contributed by atoms with van der Waals surface area (Å²) < 4.78 is 3.50. The van der Waals surface area contributed by atoms with E-state index in [9.17, 15) is 0 Å². The minimum Gasteiger partial charge on any atom is -0.219 e. The van der Waals surface area contributed by atoms with E-state index in [0.717, 1.165) is 32.9 Å². The van der Waals surface area contributed by atoms with Crippen molar-refractivity contribution in [2.75, 3.05) is 0 Å². The molecule has 0 atom stereocenters. The highest BCUT2D eigenvalue weighted by molar-refractivity contribution is 7.81. The number of hydrogen-bond acceptors (Lipinski definition) is 5. The molecule has 6 rings (SSSR count). The third kappa shape index (κ3) is 3.07. The number of nitrogens with zero attached hydrogens (tertiary/aromatic N) is 6. The first-order valence-corrected chi connectivity index (χ1v) is 10.5. The highest BCUT2D eigenvalue weighted by Crippen LogP contribution is 2.23. The van der Waals surface area contributed by atoms with Crippen molar-refractivity contribution in [1.29, 1.82) is 0 Å². The van der Waals surface area contributed by atoms with E-state index in [4.69, 9.17) is 12.2 Å². The van der Waals surface area contributed by atoms with Crippen LogP contribution in [0.25, 0.3) is 32.9 Å². The lowest BCUT2D eigenvalue weighted by molar-refractivity contribution is 0.806. The molecule has 4 aromatic carbocycles. The molecule has 0 radical (unpaired) electrons. The summed E-state index contributed by atoms with van der Waals surface area (Å²) in [5.74, 6) is 0. The number of benzene rings is 4. The quantitative estimate of drug-likeness (QED) is 0.292. The lowest BCUT2D eigenvalue weighted by Crippen LogP contribution is -2.01. The van der Waals surface area contributed by atoms with Gasteiger partial charge >= 0.3 is 0 Å². The van der Waals surface area contributed by atoms with Crippen LogP contribution in [-0.4, -0.2) is 34.9 Å². The summed E-state index contributed by atoms with van der Waals surface area (Å²) in [7, 11) is 0. The monoisotopic (exact) mass is 432 g/mol. The highest BCUT2D eigenvalue weighted by Gasteiger charge is 2.16. The van der Waals surface area contributed by atoms with E-state index in [1.807, 2.05) is 60.9 Å². The molecule has 0 aliphatic heterocycles. The number of rotatable bonds is 4. The Labute approximate surface area is 188 Å². The zero-order valence-electron chi connectivity index (χ0n) is 16.8. The van der Waals surface area contributed by atoms with Gasteiger partial charge in [0.1, 0.15) is 11.4 Å². The van der Waals surface area contributed by atoms with Gasteiger partial charge in [-0.3, -0.25) is 0 Å². The summed E-state index contributed by atoms with van der Waals surface area (Å²) in [5.41, 5.74) is 3.06. The van der Waals surface area contributed by atoms with Crippen LogP contribution in [0.4, 0.5) is 0 Å². The first-order valence-electron chi connectivity index (χ1n) is 10.1. The maximum atomic E-state index is 5.67. The topological polar surface area (TPSA) is 61.4 Å². The predicted molar refractivity (Wildman–Crippen MR) is 129 cm³/mol. The van der Waals surface area contributed by atoms with Gasteiger partial charge in [0.15, 0.2) is 0 Å². The molecule has 0 aliphatic carbocycles. The van der Waals surface area contributed by atoms with Crippen LogP contribution in [0, 0.1) is 0 Å². The normalized spacial score (nSPS) is 11.2. The first-order chi connectivity index (χ1) is 15.8. The zero-order chi connectivity index (χ0) is 21.5. The summed E-state index contributed by atoms with van der Waals surface area (Å²) in [6.45, 7) is 0. The van der Waals surface area contributed by atoms with Gasteiger partial charge in [0, 0.05) is 10.8 Å². The van der Waals surface area contributed by atoms with Gasteiger partial charge in [-0.05, 0) is 22.9 Å². The average Bonchev–Trinajstić information content (AvgIpc) is 3.53. The molecule has 0 bridgehead atoms. The van der Waals surface area contributed by atoms with Crippen LogP contribution in [0.15, 0.2) is 97.3 Å². The van der Waals surface area contributed by atoms with Gasteiger partial charge in [0.25, 0.3) is 0 Å². The molecule has 0 unspecified atom stereocenters. The van der Waals surface area contributed by atoms with Crippen molar-refractivity contribution in [3.8, 4) is 11.4 Å². The maximum Gasteiger partial charge on any atom is 0.126 e. The molecule has 7 heteroatoms. The van der Waals surface area contributed by atoms with E-state index in [1.165, 1.54) is 0 Å². The Morgan fingerprint density at radius 3 is 1.50 bits per heavy atom. The molecule has 0 saturated carbocycles. The molecule has 0 spiro atoms. The van der Waals surface area contributed by atoms with E-state index in [1.54, 1.807) is 9.36 Å². The Hall–Kier alpha value is -4.23. The average molecular weight is 433 g/mol. The van der Waals surface area contributed by atoms with Crippen molar-refractivity contribution >= 4 is 38.6 Å². The first kappa shape index (κ1) is 18.5. The van der Waals surface area contributed by atoms with Gasteiger partial charge in [-0.15, -0.1) is 10.2 Å². The third-order valence-electron chi connectivity index (χ3n) is 5.48. The van der Waals surface area contributed by atoms with Crippen molar-refractivity contribution < 1.29 is 0 Å². The van der Waals surface area contributed by atoms with Crippen molar-refractivity contribution in [1.82, 2.24) is 30.0 Å². The Morgan fingerprint density at radius 2 is 1.00 bits per heavy atom. The number of thiocarbonyl (C=S) groups is 1. The van der Waals surface area contributed by atoms with Gasteiger partial charge < -0.3 is 0 Å². The molecule has 2 aromatic heterocycles. The summed E-state index contributed by atoms with van der Waals surface area (Å²) in [4.78, 5) is 0.503. The fraction of sp³-hybridized carbons (Fsp3) is 0. The van der Waals surface area contributed by atoms with Gasteiger partial charge in [-0.25, -0.2) is 9.36 Å². The van der Waals surface area contributed by atoms with Gasteiger partial charge in [-0.1, -0.05) is 95.4 Å². The summed E-state index contributed by atoms with van der Waals surface area (Å²) in [6.07, 6.45) is 3.67. The summed E-state index contributed by atoms with van der Waals surface area (Å²) in [5, 5.41) is 21.7. The van der Waals surface area contributed by atoms with Crippen LogP contribution in [0.3, 0.4) is 0 Å². The minimum absolute atomic E-state index is 0.503. The van der Waals surface area contributed by atoms with Crippen LogP contribution < -0.4 is 0 Å². The maximum absolute atomic E-state index is 5.67. The molecule has 0 amide bonds. The van der Waals surface area contributed by atoms with Crippen molar-refractivity contribution in [3.05, 3.63) is 109 Å². The molecule has 2 heterocycles. The second kappa shape index (κ2) is 7.47. The van der Waals surface area contributed by atoms with Crippen molar-refractivity contribution in [2.24, 2.45) is 0 Å². The van der Waals surface area contributed by atoms with Gasteiger partial charge in [0.05, 0.1) is 28.6 Å². The molecule has 0 saturated heterocycles. The summed E-state index contributed by atoms with van der Waals surface area (Å²) in [6, 6.07) is 28.6. The molecular formula is C25H16N6S. The van der Waals surface area contributed by atoms with Gasteiger partial charge in [0.2, 0.25) is 0 Å². The van der Waals surface area contributed by atoms with Crippen LogP contribution in [-0.2, 0) is 0 Å².